The molecule has 7 nitrogen and oxygen atoms in total. The van der Waals surface area contributed by atoms with E-state index in [-0.39, 0.29) is 11.6 Å². The van der Waals surface area contributed by atoms with Gasteiger partial charge in [0.05, 0.1) is 17.4 Å². The molecule has 0 bridgehead atoms. The number of fused-ring (bicyclic) bond motifs is 1. The SMILES string of the molecule is Cc1cc(CN2CCCC[C@H]2c2cc(=O)n3[nH]ccc3n2)no1. The third kappa shape index (κ3) is 2.68. The molecule has 1 saturated heterocycles. The van der Waals surface area contributed by atoms with E-state index in [1.807, 2.05) is 19.1 Å². The Bertz CT molecular complexity index is 878. The fraction of sp³-hybridized carbons (Fsp3) is 0.438. The van der Waals surface area contributed by atoms with Gasteiger partial charge in [0.25, 0.3) is 5.56 Å². The van der Waals surface area contributed by atoms with Crippen LogP contribution in [-0.4, -0.2) is 31.2 Å². The van der Waals surface area contributed by atoms with Crippen molar-refractivity contribution in [2.75, 3.05) is 6.54 Å². The lowest BCUT2D eigenvalue weighted by Gasteiger charge is -2.34. The summed E-state index contributed by atoms with van der Waals surface area (Å²) in [5.74, 6) is 0.818. The van der Waals surface area contributed by atoms with Crippen molar-refractivity contribution in [3.8, 4) is 0 Å². The lowest BCUT2D eigenvalue weighted by atomic mass is 9.99. The van der Waals surface area contributed by atoms with Crippen LogP contribution in [0.15, 0.2) is 33.7 Å². The first kappa shape index (κ1) is 14.2. The van der Waals surface area contributed by atoms with Crippen LogP contribution in [0.2, 0.25) is 0 Å². The summed E-state index contributed by atoms with van der Waals surface area (Å²) in [6.07, 6.45) is 5.03. The monoisotopic (exact) mass is 313 g/mol. The zero-order valence-electron chi connectivity index (χ0n) is 13.0. The molecule has 0 aliphatic carbocycles. The third-order valence-corrected chi connectivity index (χ3v) is 4.40. The second kappa shape index (κ2) is 5.66. The molecule has 0 amide bonds. The maximum atomic E-state index is 12.2. The maximum absolute atomic E-state index is 12.2. The van der Waals surface area contributed by atoms with Gasteiger partial charge in [0, 0.05) is 30.9 Å². The second-order valence-corrected chi connectivity index (χ2v) is 6.09. The van der Waals surface area contributed by atoms with Gasteiger partial charge in [0.2, 0.25) is 0 Å². The largest absolute Gasteiger partial charge is 0.361 e. The Morgan fingerprint density at radius 1 is 1.39 bits per heavy atom. The number of rotatable bonds is 3. The minimum atomic E-state index is -0.0715. The molecule has 7 heteroatoms. The second-order valence-electron chi connectivity index (χ2n) is 6.09. The van der Waals surface area contributed by atoms with Crippen LogP contribution in [0, 0.1) is 6.92 Å². The van der Waals surface area contributed by atoms with Gasteiger partial charge in [-0.1, -0.05) is 11.6 Å². The number of piperidine rings is 1. The van der Waals surface area contributed by atoms with Crippen LogP contribution in [0.1, 0.15) is 42.5 Å². The first-order chi connectivity index (χ1) is 11.2. The van der Waals surface area contributed by atoms with Crippen LogP contribution in [0.3, 0.4) is 0 Å². The van der Waals surface area contributed by atoms with Crippen molar-refractivity contribution in [1.29, 1.82) is 0 Å². The normalized spacial score (nSPS) is 19.4. The van der Waals surface area contributed by atoms with E-state index < -0.39 is 0 Å². The summed E-state index contributed by atoms with van der Waals surface area (Å²) in [6.45, 7) is 3.59. The molecule has 3 aromatic rings. The highest BCUT2D eigenvalue weighted by Crippen LogP contribution is 2.30. The van der Waals surface area contributed by atoms with Crippen molar-refractivity contribution < 1.29 is 4.52 Å². The third-order valence-electron chi connectivity index (χ3n) is 4.40. The van der Waals surface area contributed by atoms with Crippen molar-refractivity contribution in [1.82, 2.24) is 24.7 Å². The number of aromatic amines is 1. The quantitative estimate of drug-likeness (QED) is 0.800. The fourth-order valence-electron chi connectivity index (χ4n) is 3.33. The van der Waals surface area contributed by atoms with E-state index in [4.69, 9.17) is 4.52 Å². The Morgan fingerprint density at radius 3 is 3.13 bits per heavy atom. The van der Waals surface area contributed by atoms with Crippen LogP contribution in [-0.2, 0) is 6.54 Å². The van der Waals surface area contributed by atoms with Gasteiger partial charge in [-0.05, 0) is 26.3 Å². The van der Waals surface area contributed by atoms with Crippen molar-refractivity contribution in [2.45, 2.75) is 38.8 Å². The zero-order chi connectivity index (χ0) is 15.8. The molecule has 1 N–H and O–H groups in total. The Kier molecular flexibility index (Phi) is 3.49. The number of aromatic nitrogens is 4. The number of hydrogen-bond donors (Lipinski definition) is 1. The van der Waals surface area contributed by atoms with Gasteiger partial charge < -0.3 is 4.52 Å². The van der Waals surface area contributed by atoms with E-state index in [9.17, 15) is 4.79 Å². The lowest BCUT2D eigenvalue weighted by molar-refractivity contribution is 0.134. The molecule has 120 valence electrons. The minimum Gasteiger partial charge on any atom is -0.361 e. The Balaban J connectivity index is 1.67. The molecule has 0 unspecified atom stereocenters. The first-order valence-corrected chi connectivity index (χ1v) is 7.94. The van der Waals surface area contributed by atoms with Crippen LogP contribution in [0.4, 0.5) is 0 Å². The lowest BCUT2D eigenvalue weighted by Crippen LogP contribution is -2.34. The maximum Gasteiger partial charge on any atom is 0.272 e. The highest BCUT2D eigenvalue weighted by atomic mass is 16.5. The van der Waals surface area contributed by atoms with Gasteiger partial charge in [0.1, 0.15) is 5.76 Å². The van der Waals surface area contributed by atoms with Crippen LogP contribution in [0.25, 0.3) is 5.65 Å². The smallest absolute Gasteiger partial charge is 0.272 e. The Hall–Kier alpha value is -2.41. The predicted octanol–water partition coefficient (Wildman–Crippen LogP) is 2.05. The molecular formula is C16H19N5O2. The van der Waals surface area contributed by atoms with Gasteiger partial charge >= 0.3 is 0 Å². The summed E-state index contributed by atoms with van der Waals surface area (Å²) in [6, 6.07) is 5.57. The highest BCUT2D eigenvalue weighted by molar-refractivity contribution is 5.37. The van der Waals surface area contributed by atoms with E-state index >= 15 is 0 Å². The number of H-pyrrole nitrogens is 1. The predicted molar refractivity (Wildman–Crippen MR) is 84.1 cm³/mol. The van der Waals surface area contributed by atoms with E-state index in [1.165, 1.54) is 4.52 Å². The summed E-state index contributed by atoms with van der Waals surface area (Å²) in [5.41, 5.74) is 2.36. The van der Waals surface area contributed by atoms with Gasteiger partial charge in [0.15, 0.2) is 5.65 Å². The molecule has 1 aliphatic heterocycles. The van der Waals surface area contributed by atoms with E-state index in [0.29, 0.717) is 5.65 Å². The summed E-state index contributed by atoms with van der Waals surface area (Å²) >= 11 is 0. The number of nitrogens with zero attached hydrogens (tertiary/aromatic N) is 4. The molecule has 1 aliphatic rings. The minimum absolute atomic E-state index is 0.0715. The number of aryl methyl sites for hydroxylation is 1. The van der Waals surface area contributed by atoms with E-state index in [0.717, 1.165) is 49.5 Å². The Labute approximate surface area is 132 Å². The number of hydrogen-bond acceptors (Lipinski definition) is 5. The molecule has 0 spiro atoms. The molecule has 4 heterocycles. The van der Waals surface area contributed by atoms with Crippen LogP contribution >= 0.6 is 0 Å². The summed E-state index contributed by atoms with van der Waals surface area (Å²) in [4.78, 5) is 19.2. The summed E-state index contributed by atoms with van der Waals surface area (Å²) in [5, 5.41) is 6.97. The summed E-state index contributed by atoms with van der Waals surface area (Å²) < 4.78 is 6.62. The Morgan fingerprint density at radius 2 is 2.30 bits per heavy atom. The fourth-order valence-corrected chi connectivity index (χ4v) is 3.33. The van der Waals surface area contributed by atoms with Crippen LogP contribution < -0.4 is 5.56 Å². The molecule has 23 heavy (non-hydrogen) atoms. The molecule has 1 fully saturated rings. The van der Waals surface area contributed by atoms with Gasteiger partial charge in [-0.15, -0.1) is 0 Å². The van der Waals surface area contributed by atoms with E-state index in [1.54, 1.807) is 12.3 Å². The average Bonchev–Trinajstić information content (AvgIpc) is 3.17. The van der Waals surface area contributed by atoms with Crippen molar-refractivity contribution >= 4 is 5.65 Å². The van der Waals surface area contributed by atoms with Gasteiger partial charge in [-0.2, -0.15) is 0 Å². The molecule has 0 aromatic carbocycles. The topological polar surface area (TPSA) is 79.4 Å². The highest BCUT2D eigenvalue weighted by Gasteiger charge is 2.26. The van der Waals surface area contributed by atoms with Gasteiger partial charge in [-0.3, -0.25) is 14.8 Å². The van der Waals surface area contributed by atoms with Crippen molar-refractivity contribution in [3.63, 3.8) is 0 Å². The average molecular weight is 313 g/mol. The zero-order valence-corrected chi connectivity index (χ0v) is 13.0. The molecule has 3 aromatic heterocycles. The molecule has 1 atom stereocenters. The summed E-state index contributed by atoms with van der Waals surface area (Å²) in [7, 11) is 0. The molecule has 0 saturated carbocycles. The van der Waals surface area contributed by atoms with Crippen molar-refractivity contribution in [3.05, 3.63) is 51.9 Å². The molecular weight excluding hydrogens is 294 g/mol. The molecule has 0 radical (unpaired) electrons. The standard InChI is InChI=1S/C16H19N5O2/c1-11-8-12(19-23-11)10-20-7-3-2-4-14(20)13-9-16(22)21-15(18-13)5-6-17-21/h5-6,8-9,14,17H,2-4,7,10H2,1H3/t14-/m0/s1. The van der Waals surface area contributed by atoms with Crippen LogP contribution in [0.5, 0.6) is 0 Å². The number of likely N-dealkylation sites (tertiary alicyclic amines) is 1. The first-order valence-electron chi connectivity index (χ1n) is 7.94. The van der Waals surface area contributed by atoms with Gasteiger partial charge in [-0.25, -0.2) is 9.50 Å². The van der Waals surface area contributed by atoms with E-state index in [2.05, 4.69) is 20.1 Å². The number of nitrogens with one attached hydrogen (secondary N) is 1. The molecule has 4 rings (SSSR count). The van der Waals surface area contributed by atoms with Crippen molar-refractivity contribution in [2.24, 2.45) is 0 Å².